The van der Waals surface area contributed by atoms with Gasteiger partial charge in [0.25, 0.3) is 5.91 Å². The van der Waals surface area contributed by atoms with Crippen molar-refractivity contribution < 1.29 is 14.3 Å². The molecule has 24 heavy (non-hydrogen) atoms. The van der Waals surface area contributed by atoms with E-state index >= 15 is 0 Å². The van der Waals surface area contributed by atoms with Crippen LogP contribution in [0.15, 0.2) is 27.8 Å². The van der Waals surface area contributed by atoms with Crippen molar-refractivity contribution >= 4 is 33.5 Å². The van der Waals surface area contributed by atoms with Crippen LogP contribution in [0.2, 0.25) is 0 Å². The van der Waals surface area contributed by atoms with Crippen LogP contribution in [-0.4, -0.2) is 30.2 Å². The summed E-state index contributed by atoms with van der Waals surface area (Å²) in [5.74, 6) is 0.0910. The third-order valence-electron chi connectivity index (χ3n) is 3.25. The van der Waals surface area contributed by atoms with E-state index in [9.17, 15) is 9.59 Å². The lowest BCUT2D eigenvalue weighted by molar-refractivity contribution is -0.123. The SMILES string of the molecule is CCC(C)NC(=O)CC(C)=NNC(=O)COc1ccc(C)cc1Br. The monoisotopic (exact) mass is 397 g/mol. The third-order valence-corrected chi connectivity index (χ3v) is 3.87. The predicted octanol–water partition coefficient (Wildman–Crippen LogP) is 2.93. The minimum atomic E-state index is -0.385. The Balaban J connectivity index is 2.40. The molecule has 1 unspecified atom stereocenters. The van der Waals surface area contributed by atoms with Crippen molar-refractivity contribution in [2.75, 3.05) is 6.61 Å². The molecular weight excluding hydrogens is 374 g/mol. The van der Waals surface area contributed by atoms with E-state index in [4.69, 9.17) is 4.74 Å². The Morgan fingerprint density at radius 2 is 2.04 bits per heavy atom. The number of hydrazone groups is 1. The quantitative estimate of drug-likeness (QED) is 0.522. The molecule has 0 spiro atoms. The highest BCUT2D eigenvalue weighted by Gasteiger charge is 2.08. The molecule has 0 aliphatic rings. The highest BCUT2D eigenvalue weighted by atomic mass is 79.9. The van der Waals surface area contributed by atoms with Gasteiger partial charge in [0, 0.05) is 11.8 Å². The molecule has 1 atom stereocenters. The van der Waals surface area contributed by atoms with Crippen molar-refractivity contribution in [3.63, 3.8) is 0 Å². The number of aryl methyl sites for hydroxylation is 1. The van der Waals surface area contributed by atoms with Gasteiger partial charge in [0.15, 0.2) is 6.61 Å². The molecule has 0 bridgehead atoms. The maximum atomic E-state index is 11.7. The number of carbonyl (C=O) groups is 2. The van der Waals surface area contributed by atoms with Crippen LogP contribution in [0.3, 0.4) is 0 Å². The van der Waals surface area contributed by atoms with Gasteiger partial charge in [0.05, 0.1) is 10.9 Å². The van der Waals surface area contributed by atoms with Gasteiger partial charge >= 0.3 is 0 Å². The summed E-state index contributed by atoms with van der Waals surface area (Å²) in [6.07, 6.45) is 1.01. The number of ether oxygens (including phenoxy) is 1. The number of benzene rings is 1. The summed E-state index contributed by atoms with van der Waals surface area (Å²) < 4.78 is 6.22. The van der Waals surface area contributed by atoms with Crippen molar-refractivity contribution in [2.24, 2.45) is 5.10 Å². The van der Waals surface area contributed by atoms with Crippen LogP contribution in [0, 0.1) is 6.92 Å². The Labute approximate surface area is 151 Å². The zero-order valence-electron chi connectivity index (χ0n) is 14.5. The first-order chi connectivity index (χ1) is 11.3. The molecule has 2 N–H and O–H groups in total. The second kappa shape index (κ2) is 10.1. The van der Waals surface area contributed by atoms with Crippen molar-refractivity contribution in [1.82, 2.24) is 10.7 Å². The van der Waals surface area contributed by atoms with Crippen molar-refractivity contribution in [1.29, 1.82) is 0 Å². The molecule has 0 saturated heterocycles. The van der Waals surface area contributed by atoms with Crippen molar-refractivity contribution in [3.05, 3.63) is 28.2 Å². The Hall–Kier alpha value is -1.89. The summed E-state index contributed by atoms with van der Waals surface area (Å²) in [7, 11) is 0. The molecular formula is C17H24BrN3O3. The molecule has 6 nitrogen and oxygen atoms in total. The molecule has 0 saturated carbocycles. The topological polar surface area (TPSA) is 79.8 Å². The van der Waals surface area contributed by atoms with Crippen LogP contribution >= 0.6 is 15.9 Å². The Bertz CT molecular complexity index is 617. The third kappa shape index (κ3) is 7.59. The molecule has 1 aromatic rings. The van der Waals surface area contributed by atoms with E-state index in [1.54, 1.807) is 13.0 Å². The Morgan fingerprint density at radius 3 is 2.67 bits per heavy atom. The van der Waals surface area contributed by atoms with Crippen molar-refractivity contribution in [2.45, 2.75) is 46.6 Å². The summed E-state index contributed by atoms with van der Waals surface area (Å²) in [5, 5.41) is 6.75. The lowest BCUT2D eigenvalue weighted by Gasteiger charge is -2.11. The Kier molecular flexibility index (Phi) is 8.46. The van der Waals surface area contributed by atoms with Crippen LogP contribution in [0.25, 0.3) is 0 Å². The number of amides is 2. The van der Waals surface area contributed by atoms with Gasteiger partial charge in [-0.05, 0) is 60.8 Å². The first-order valence-electron chi connectivity index (χ1n) is 7.82. The molecule has 1 rings (SSSR count). The molecule has 0 heterocycles. The first-order valence-corrected chi connectivity index (χ1v) is 8.61. The molecule has 0 fully saturated rings. The number of halogens is 1. The fourth-order valence-corrected chi connectivity index (χ4v) is 2.36. The zero-order valence-corrected chi connectivity index (χ0v) is 16.1. The summed E-state index contributed by atoms with van der Waals surface area (Å²) >= 11 is 3.38. The predicted molar refractivity (Wildman–Crippen MR) is 98.1 cm³/mol. The molecule has 7 heteroatoms. The number of nitrogens with zero attached hydrogens (tertiary/aromatic N) is 1. The van der Waals surface area contributed by atoms with Gasteiger partial charge in [-0.2, -0.15) is 5.10 Å². The van der Waals surface area contributed by atoms with Gasteiger partial charge in [0.2, 0.25) is 5.91 Å². The van der Waals surface area contributed by atoms with Crippen LogP contribution in [-0.2, 0) is 9.59 Å². The van der Waals surface area contributed by atoms with Gasteiger partial charge in [-0.1, -0.05) is 13.0 Å². The molecule has 132 valence electrons. The van der Waals surface area contributed by atoms with Gasteiger partial charge in [-0.15, -0.1) is 0 Å². The lowest BCUT2D eigenvalue weighted by Crippen LogP contribution is -2.33. The lowest BCUT2D eigenvalue weighted by atomic mass is 10.2. The normalized spacial score (nSPS) is 12.5. The largest absolute Gasteiger partial charge is 0.483 e. The molecule has 0 aliphatic carbocycles. The van der Waals surface area contributed by atoms with E-state index in [1.165, 1.54) is 0 Å². The standard InChI is InChI=1S/C17H24BrN3O3/c1-5-12(3)19-16(22)9-13(4)20-21-17(23)10-24-15-7-6-11(2)8-14(15)18/h6-8,12H,5,9-10H2,1-4H3,(H,19,22)(H,21,23). The highest BCUT2D eigenvalue weighted by molar-refractivity contribution is 9.10. The average Bonchev–Trinajstić information content (AvgIpc) is 2.51. The van der Waals surface area contributed by atoms with Crippen LogP contribution in [0.1, 0.15) is 39.2 Å². The molecule has 2 amide bonds. The number of nitrogens with one attached hydrogen (secondary N) is 2. The van der Waals surface area contributed by atoms with Crippen LogP contribution < -0.4 is 15.5 Å². The zero-order chi connectivity index (χ0) is 18.1. The van der Waals surface area contributed by atoms with Crippen LogP contribution in [0.5, 0.6) is 5.75 Å². The van der Waals surface area contributed by atoms with E-state index in [-0.39, 0.29) is 30.9 Å². The van der Waals surface area contributed by atoms with Crippen LogP contribution in [0.4, 0.5) is 0 Å². The van der Waals surface area contributed by atoms with E-state index in [2.05, 4.69) is 31.8 Å². The maximum absolute atomic E-state index is 11.7. The molecule has 1 aromatic carbocycles. The molecule has 0 aliphatic heterocycles. The summed E-state index contributed by atoms with van der Waals surface area (Å²) in [6, 6.07) is 5.73. The number of hydrogen-bond acceptors (Lipinski definition) is 4. The first kappa shape index (κ1) is 20.2. The molecule has 0 aromatic heterocycles. The maximum Gasteiger partial charge on any atom is 0.277 e. The fraction of sp³-hybridized carbons (Fsp3) is 0.471. The van der Waals surface area contributed by atoms with E-state index in [1.807, 2.05) is 32.9 Å². The highest BCUT2D eigenvalue weighted by Crippen LogP contribution is 2.25. The van der Waals surface area contributed by atoms with Gasteiger partial charge in [0.1, 0.15) is 5.75 Å². The van der Waals surface area contributed by atoms with E-state index in [0.717, 1.165) is 16.5 Å². The smallest absolute Gasteiger partial charge is 0.277 e. The molecule has 0 radical (unpaired) electrons. The fourth-order valence-electron chi connectivity index (χ4n) is 1.76. The number of hydrogen-bond donors (Lipinski definition) is 2. The number of carbonyl (C=O) groups excluding carboxylic acids is 2. The second-order valence-corrected chi connectivity index (χ2v) is 6.51. The van der Waals surface area contributed by atoms with Gasteiger partial charge in [-0.25, -0.2) is 5.43 Å². The van der Waals surface area contributed by atoms with Crippen molar-refractivity contribution in [3.8, 4) is 5.75 Å². The summed E-state index contributed by atoms with van der Waals surface area (Å²) in [4.78, 5) is 23.5. The van der Waals surface area contributed by atoms with E-state index < -0.39 is 0 Å². The minimum Gasteiger partial charge on any atom is -0.483 e. The number of rotatable bonds is 8. The Morgan fingerprint density at radius 1 is 1.33 bits per heavy atom. The second-order valence-electron chi connectivity index (χ2n) is 5.66. The van der Waals surface area contributed by atoms with Gasteiger partial charge < -0.3 is 10.1 Å². The summed E-state index contributed by atoms with van der Waals surface area (Å²) in [5.41, 5.74) is 4.01. The van der Waals surface area contributed by atoms with E-state index in [0.29, 0.717) is 11.5 Å². The average molecular weight is 398 g/mol. The summed E-state index contributed by atoms with van der Waals surface area (Å²) in [6.45, 7) is 7.44. The van der Waals surface area contributed by atoms with Gasteiger partial charge in [-0.3, -0.25) is 9.59 Å². The minimum absolute atomic E-state index is 0.111.